The largest absolute Gasteiger partial charge is 0.201 e. The van der Waals surface area contributed by atoms with Crippen molar-refractivity contribution in [1.29, 1.82) is 0 Å². The van der Waals surface area contributed by atoms with Gasteiger partial charge in [0, 0.05) is 16.1 Å². The summed E-state index contributed by atoms with van der Waals surface area (Å²) in [5.41, 5.74) is 2.49. The molecule has 100 valence electrons. The lowest BCUT2D eigenvalue weighted by molar-refractivity contribution is 1.00. The highest BCUT2D eigenvalue weighted by Crippen LogP contribution is 2.49. The highest BCUT2D eigenvalue weighted by atomic mass is 31.1. The average molecular weight is 274 g/mol. The van der Waals surface area contributed by atoms with Crippen molar-refractivity contribution >= 4 is 22.2 Å². The molecule has 2 nitrogen and oxygen atoms in total. The molecule has 0 aliphatic carbocycles. The van der Waals surface area contributed by atoms with Crippen molar-refractivity contribution in [3.8, 4) is 0 Å². The standard InChI is InChI=1S/C13H28N2P2/c1-10(2)16(11(3)4)14-9-15-17(12(5)6)13(7)8/h10-13H,1-8H3. The Bertz CT molecular complexity index is 227. The molecule has 0 amide bonds. The summed E-state index contributed by atoms with van der Waals surface area (Å²) in [6.07, 6.45) is 0. The van der Waals surface area contributed by atoms with Crippen LogP contribution in [0.3, 0.4) is 0 Å². The molecule has 0 aromatic carbocycles. The monoisotopic (exact) mass is 274 g/mol. The van der Waals surface area contributed by atoms with Gasteiger partial charge in [-0.3, -0.25) is 0 Å². The third-order valence-corrected chi connectivity index (χ3v) is 7.31. The molecule has 0 saturated heterocycles. The Morgan fingerprint density at radius 2 is 0.824 bits per heavy atom. The van der Waals surface area contributed by atoms with Crippen LogP contribution >= 0.6 is 16.1 Å². The van der Waals surface area contributed by atoms with Crippen LogP contribution in [0, 0.1) is 0 Å². The summed E-state index contributed by atoms with van der Waals surface area (Å²) >= 11 is 0. The van der Waals surface area contributed by atoms with E-state index in [1.807, 2.05) is 0 Å². The summed E-state index contributed by atoms with van der Waals surface area (Å²) in [5.74, 6) is 0. The molecule has 0 aliphatic rings. The van der Waals surface area contributed by atoms with E-state index in [2.05, 4.69) is 70.9 Å². The van der Waals surface area contributed by atoms with Crippen LogP contribution in [0.4, 0.5) is 0 Å². The van der Waals surface area contributed by atoms with Crippen LogP contribution in [0.25, 0.3) is 0 Å². The third kappa shape index (κ3) is 6.66. The van der Waals surface area contributed by atoms with Crippen molar-refractivity contribution in [3.63, 3.8) is 0 Å². The quantitative estimate of drug-likeness (QED) is 0.445. The maximum atomic E-state index is 4.59. The molecule has 0 N–H and O–H groups in total. The Hall–Kier alpha value is 0.240. The van der Waals surface area contributed by atoms with Crippen molar-refractivity contribution in [1.82, 2.24) is 0 Å². The van der Waals surface area contributed by atoms with Gasteiger partial charge in [-0.15, -0.1) is 0 Å². The fourth-order valence-electron chi connectivity index (χ4n) is 1.78. The molecule has 0 spiro atoms. The lowest BCUT2D eigenvalue weighted by Gasteiger charge is -2.20. The van der Waals surface area contributed by atoms with Crippen molar-refractivity contribution in [2.75, 3.05) is 0 Å². The Morgan fingerprint density at radius 3 is 1.00 bits per heavy atom. The minimum atomic E-state index is -0.317. The Morgan fingerprint density at radius 1 is 0.588 bits per heavy atom. The second-order valence-corrected chi connectivity index (χ2v) is 11.5. The molecule has 4 heteroatoms. The topological polar surface area (TPSA) is 24.7 Å². The summed E-state index contributed by atoms with van der Waals surface area (Å²) in [6.45, 7) is 17.9. The molecule has 0 fully saturated rings. The zero-order valence-corrected chi connectivity index (χ0v) is 14.4. The number of hydrogen-bond donors (Lipinski definition) is 0. The summed E-state index contributed by atoms with van der Waals surface area (Å²) in [4.78, 5) is 0. The molecule has 0 saturated carbocycles. The molecule has 0 bridgehead atoms. The van der Waals surface area contributed by atoms with E-state index < -0.39 is 0 Å². The van der Waals surface area contributed by atoms with Gasteiger partial charge in [0.05, 0.1) is 6.01 Å². The fraction of sp³-hybridized carbons (Fsp3) is 0.923. The molecule has 0 heterocycles. The highest BCUT2D eigenvalue weighted by molar-refractivity contribution is 7.58. The zero-order valence-electron chi connectivity index (χ0n) is 12.6. The van der Waals surface area contributed by atoms with Crippen LogP contribution in [0.5, 0.6) is 0 Å². The van der Waals surface area contributed by atoms with Gasteiger partial charge in [0.1, 0.15) is 0 Å². The van der Waals surface area contributed by atoms with Gasteiger partial charge in [0.25, 0.3) is 0 Å². The Labute approximate surface area is 110 Å². The summed E-state index contributed by atoms with van der Waals surface area (Å²) in [6, 6.07) is 3.02. The molecular formula is C13H28N2P2. The lowest BCUT2D eigenvalue weighted by Crippen LogP contribution is -2.01. The summed E-state index contributed by atoms with van der Waals surface area (Å²) < 4.78 is 9.18. The van der Waals surface area contributed by atoms with Gasteiger partial charge in [-0.1, -0.05) is 55.4 Å². The maximum absolute atomic E-state index is 4.59. The van der Waals surface area contributed by atoms with Crippen LogP contribution in [0.1, 0.15) is 55.4 Å². The van der Waals surface area contributed by atoms with E-state index in [0.717, 1.165) is 0 Å². The minimum absolute atomic E-state index is 0.317. The van der Waals surface area contributed by atoms with Crippen LogP contribution in [-0.2, 0) is 0 Å². The van der Waals surface area contributed by atoms with Gasteiger partial charge in [0.2, 0.25) is 0 Å². The second kappa shape index (κ2) is 8.36. The van der Waals surface area contributed by atoms with Crippen LogP contribution < -0.4 is 0 Å². The van der Waals surface area contributed by atoms with Crippen LogP contribution in [0.2, 0.25) is 0 Å². The molecule has 0 unspecified atom stereocenters. The van der Waals surface area contributed by atoms with E-state index in [9.17, 15) is 0 Å². The lowest BCUT2D eigenvalue weighted by atomic mass is 10.5. The van der Waals surface area contributed by atoms with E-state index in [1.54, 1.807) is 0 Å². The first kappa shape index (κ1) is 17.2. The predicted molar refractivity (Wildman–Crippen MR) is 84.2 cm³/mol. The smallest absolute Gasteiger partial charge is 0.0971 e. The zero-order chi connectivity index (χ0) is 13.6. The Balaban J connectivity index is 4.76. The van der Waals surface area contributed by atoms with Gasteiger partial charge in [-0.25, -0.2) is 9.53 Å². The predicted octanol–water partition coefficient (Wildman–Crippen LogP) is 5.59. The number of rotatable bonds is 6. The van der Waals surface area contributed by atoms with Gasteiger partial charge < -0.3 is 0 Å². The van der Waals surface area contributed by atoms with Crippen molar-refractivity contribution < 1.29 is 0 Å². The Kier molecular flexibility index (Phi) is 8.48. The SMILES string of the molecule is CC(C)P(N=C=NP(C(C)C)C(C)C)C(C)C. The third-order valence-electron chi connectivity index (χ3n) is 2.44. The van der Waals surface area contributed by atoms with Gasteiger partial charge in [0.15, 0.2) is 0 Å². The molecule has 0 rings (SSSR count). The maximum Gasteiger partial charge on any atom is 0.0971 e. The van der Waals surface area contributed by atoms with Gasteiger partial charge in [-0.05, 0) is 22.6 Å². The van der Waals surface area contributed by atoms with E-state index in [1.165, 1.54) is 0 Å². The molecule has 0 radical (unpaired) electrons. The van der Waals surface area contributed by atoms with Gasteiger partial charge in [-0.2, -0.15) is 0 Å². The molecule has 0 aromatic heterocycles. The van der Waals surface area contributed by atoms with Gasteiger partial charge >= 0.3 is 0 Å². The van der Waals surface area contributed by atoms with Crippen LogP contribution in [-0.4, -0.2) is 28.6 Å². The number of nitrogens with zero attached hydrogens (tertiary/aromatic N) is 2. The fourth-order valence-corrected chi connectivity index (χ4v) is 5.45. The first-order valence-corrected chi connectivity index (χ1v) is 9.36. The van der Waals surface area contributed by atoms with Crippen molar-refractivity contribution in [2.24, 2.45) is 9.53 Å². The number of hydrogen-bond acceptors (Lipinski definition) is 2. The first-order valence-electron chi connectivity index (χ1n) is 6.50. The van der Waals surface area contributed by atoms with E-state index in [4.69, 9.17) is 0 Å². The minimum Gasteiger partial charge on any atom is -0.201 e. The van der Waals surface area contributed by atoms with Crippen molar-refractivity contribution in [3.05, 3.63) is 0 Å². The molecule has 0 aromatic rings. The highest BCUT2D eigenvalue weighted by Gasteiger charge is 2.17. The normalized spacial score (nSPS) is 12.1. The van der Waals surface area contributed by atoms with E-state index in [-0.39, 0.29) is 16.1 Å². The second-order valence-electron chi connectivity index (χ2n) is 5.44. The molecule has 0 atom stereocenters. The average Bonchev–Trinajstić information content (AvgIpc) is 2.14. The van der Waals surface area contributed by atoms with E-state index in [0.29, 0.717) is 22.6 Å². The molecular weight excluding hydrogens is 246 g/mol. The molecule has 17 heavy (non-hydrogen) atoms. The first-order chi connectivity index (χ1) is 7.77. The van der Waals surface area contributed by atoms with Crippen molar-refractivity contribution in [2.45, 2.75) is 78.0 Å². The van der Waals surface area contributed by atoms with E-state index >= 15 is 0 Å². The summed E-state index contributed by atoms with van der Waals surface area (Å²) in [5, 5.41) is 0. The van der Waals surface area contributed by atoms with Crippen LogP contribution in [0.15, 0.2) is 9.53 Å². The summed E-state index contributed by atoms with van der Waals surface area (Å²) in [7, 11) is -0.635. The molecule has 0 aliphatic heterocycles.